The number of hydrogen-bond donors (Lipinski definition) is 1. The summed E-state index contributed by atoms with van der Waals surface area (Å²) in [5.74, 6) is 0.705. The summed E-state index contributed by atoms with van der Waals surface area (Å²) in [5.41, 5.74) is 1.66. The minimum absolute atomic E-state index is 0.487. The molecule has 88 valence electrons. The minimum Gasteiger partial charge on any atom is -0.496 e. The normalized spacial score (nSPS) is 12.1. The van der Waals surface area contributed by atoms with Gasteiger partial charge in [0.2, 0.25) is 0 Å². The van der Waals surface area contributed by atoms with Crippen LogP contribution in [0.3, 0.4) is 0 Å². The van der Waals surface area contributed by atoms with Crippen molar-refractivity contribution < 1.29 is 9.84 Å². The van der Waals surface area contributed by atoms with Gasteiger partial charge in [-0.3, -0.25) is 4.98 Å². The number of nitrogens with zero attached hydrogens (tertiary/aromatic N) is 1. The fraction of sp³-hybridized carbons (Fsp3) is 0.214. The Morgan fingerprint density at radius 1 is 1.18 bits per heavy atom. The van der Waals surface area contributed by atoms with E-state index >= 15 is 0 Å². The SMILES string of the molecule is COc1ccccc1[C@H](O)Cc1ccccn1. The fourth-order valence-corrected chi connectivity index (χ4v) is 1.77. The maximum absolute atomic E-state index is 10.2. The second kappa shape index (κ2) is 5.46. The van der Waals surface area contributed by atoms with Gasteiger partial charge in [-0.15, -0.1) is 0 Å². The second-order valence-electron chi connectivity index (χ2n) is 3.78. The highest BCUT2D eigenvalue weighted by Gasteiger charge is 2.13. The zero-order valence-electron chi connectivity index (χ0n) is 9.71. The fourth-order valence-electron chi connectivity index (χ4n) is 1.77. The maximum atomic E-state index is 10.2. The highest BCUT2D eigenvalue weighted by molar-refractivity contribution is 5.35. The molecule has 0 spiro atoms. The van der Waals surface area contributed by atoms with Crippen molar-refractivity contribution in [2.24, 2.45) is 0 Å². The number of para-hydroxylation sites is 1. The molecule has 0 saturated heterocycles. The third-order valence-corrected chi connectivity index (χ3v) is 2.63. The summed E-state index contributed by atoms with van der Waals surface area (Å²) in [5, 5.41) is 10.2. The number of pyridine rings is 1. The van der Waals surface area contributed by atoms with Crippen LogP contribution in [0.25, 0.3) is 0 Å². The van der Waals surface area contributed by atoms with Gasteiger partial charge in [0.1, 0.15) is 5.75 Å². The minimum atomic E-state index is -0.596. The number of aromatic nitrogens is 1. The lowest BCUT2D eigenvalue weighted by atomic mass is 10.0. The van der Waals surface area contributed by atoms with E-state index in [0.717, 1.165) is 11.3 Å². The quantitative estimate of drug-likeness (QED) is 0.875. The van der Waals surface area contributed by atoms with E-state index in [0.29, 0.717) is 12.2 Å². The van der Waals surface area contributed by atoms with Crippen molar-refractivity contribution in [1.29, 1.82) is 0 Å². The van der Waals surface area contributed by atoms with Gasteiger partial charge in [-0.2, -0.15) is 0 Å². The summed E-state index contributed by atoms with van der Waals surface area (Å²) in [6.45, 7) is 0. The van der Waals surface area contributed by atoms with E-state index in [9.17, 15) is 5.11 Å². The van der Waals surface area contributed by atoms with Crippen molar-refractivity contribution in [2.75, 3.05) is 7.11 Å². The van der Waals surface area contributed by atoms with Gasteiger partial charge < -0.3 is 9.84 Å². The molecule has 0 aliphatic heterocycles. The molecule has 0 radical (unpaired) electrons. The van der Waals surface area contributed by atoms with E-state index in [1.54, 1.807) is 13.3 Å². The summed E-state index contributed by atoms with van der Waals surface area (Å²) in [4.78, 5) is 4.20. The Morgan fingerprint density at radius 3 is 2.65 bits per heavy atom. The molecule has 17 heavy (non-hydrogen) atoms. The molecule has 1 N–H and O–H groups in total. The Labute approximate surface area is 101 Å². The van der Waals surface area contributed by atoms with Crippen molar-refractivity contribution >= 4 is 0 Å². The summed E-state index contributed by atoms with van der Waals surface area (Å²) in [6.07, 6.45) is 1.62. The lowest BCUT2D eigenvalue weighted by Gasteiger charge is -2.14. The van der Waals surface area contributed by atoms with Crippen LogP contribution >= 0.6 is 0 Å². The number of benzene rings is 1. The maximum Gasteiger partial charge on any atom is 0.124 e. The van der Waals surface area contributed by atoms with Crippen LogP contribution in [-0.4, -0.2) is 17.2 Å². The van der Waals surface area contributed by atoms with Gasteiger partial charge in [0, 0.05) is 23.9 Å². The molecule has 0 aliphatic carbocycles. The molecule has 2 aromatic rings. The van der Waals surface area contributed by atoms with Crippen molar-refractivity contribution in [3.05, 3.63) is 59.9 Å². The molecule has 0 saturated carbocycles. The van der Waals surface area contributed by atoms with Gasteiger partial charge >= 0.3 is 0 Å². The van der Waals surface area contributed by atoms with E-state index < -0.39 is 6.10 Å². The lowest BCUT2D eigenvalue weighted by Crippen LogP contribution is -2.05. The molecule has 1 heterocycles. The summed E-state index contributed by atoms with van der Waals surface area (Å²) in [7, 11) is 1.60. The first kappa shape index (κ1) is 11.6. The lowest BCUT2D eigenvalue weighted by molar-refractivity contribution is 0.173. The predicted molar refractivity (Wildman–Crippen MR) is 65.9 cm³/mol. The summed E-state index contributed by atoms with van der Waals surface area (Å²) < 4.78 is 5.22. The van der Waals surface area contributed by atoms with Crippen molar-refractivity contribution in [3.63, 3.8) is 0 Å². The Morgan fingerprint density at radius 2 is 1.94 bits per heavy atom. The Balaban J connectivity index is 2.17. The number of aliphatic hydroxyl groups excluding tert-OH is 1. The molecule has 0 amide bonds. The zero-order valence-corrected chi connectivity index (χ0v) is 9.71. The largest absolute Gasteiger partial charge is 0.496 e. The van der Waals surface area contributed by atoms with Crippen molar-refractivity contribution in [3.8, 4) is 5.75 Å². The van der Waals surface area contributed by atoms with Crippen LogP contribution in [-0.2, 0) is 6.42 Å². The Kier molecular flexibility index (Phi) is 3.73. The van der Waals surface area contributed by atoms with E-state index in [-0.39, 0.29) is 0 Å². The smallest absolute Gasteiger partial charge is 0.124 e. The van der Waals surface area contributed by atoms with E-state index in [2.05, 4.69) is 4.98 Å². The summed E-state index contributed by atoms with van der Waals surface area (Å²) in [6, 6.07) is 13.2. The molecule has 0 bridgehead atoms. The first-order valence-corrected chi connectivity index (χ1v) is 5.52. The number of methoxy groups -OCH3 is 1. The molecule has 2 rings (SSSR count). The average Bonchev–Trinajstić information content (AvgIpc) is 2.40. The van der Waals surface area contributed by atoms with E-state index in [4.69, 9.17) is 4.74 Å². The molecule has 1 aromatic carbocycles. The molecular weight excluding hydrogens is 214 g/mol. The Hall–Kier alpha value is -1.87. The highest BCUT2D eigenvalue weighted by atomic mass is 16.5. The van der Waals surface area contributed by atoms with Gasteiger partial charge in [-0.1, -0.05) is 24.3 Å². The third-order valence-electron chi connectivity index (χ3n) is 2.63. The molecule has 0 unspecified atom stereocenters. The van der Waals surface area contributed by atoms with Gasteiger partial charge in [0.05, 0.1) is 13.2 Å². The highest BCUT2D eigenvalue weighted by Crippen LogP contribution is 2.26. The van der Waals surface area contributed by atoms with Gasteiger partial charge in [-0.25, -0.2) is 0 Å². The zero-order chi connectivity index (χ0) is 12.1. The van der Waals surface area contributed by atoms with Crippen LogP contribution in [0, 0.1) is 0 Å². The molecule has 1 atom stereocenters. The monoisotopic (exact) mass is 229 g/mol. The van der Waals surface area contributed by atoms with Crippen LogP contribution in [0.4, 0.5) is 0 Å². The van der Waals surface area contributed by atoms with Crippen LogP contribution in [0.5, 0.6) is 5.75 Å². The van der Waals surface area contributed by atoms with Crippen LogP contribution in [0.2, 0.25) is 0 Å². The molecule has 3 heteroatoms. The van der Waals surface area contributed by atoms with Gasteiger partial charge in [0.15, 0.2) is 0 Å². The van der Waals surface area contributed by atoms with Crippen LogP contribution < -0.4 is 4.74 Å². The van der Waals surface area contributed by atoms with Crippen LogP contribution in [0.15, 0.2) is 48.7 Å². The molecule has 3 nitrogen and oxygen atoms in total. The number of rotatable bonds is 4. The Bertz CT molecular complexity index is 471. The molecular formula is C14H15NO2. The third kappa shape index (κ3) is 2.82. The van der Waals surface area contributed by atoms with E-state index in [1.165, 1.54) is 0 Å². The van der Waals surface area contributed by atoms with E-state index in [1.807, 2.05) is 42.5 Å². The number of aliphatic hydroxyl groups is 1. The first-order chi connectivity index (χ1) is 8.31. The van der Waals surface area contributed by atoms with Gasteiger partial charge in [-0.05, 0) is 18.2 Å². The topological polar surface area (TPSA) is 42.4 Å². The second-order valence-corrected chi connectivity index (χ2v) is 3.78. The van der Waals surface area contributed by atoms with Gasteiger partial charge in [0.25, 0.3) is 0 Å². The molecule has 1 aromatic heterocycles. The van der Waals surface area contributed by atoms with Crippen LogP contribution in [0.1, 0.15) is 17.4 Å². The molecule has 0 aliphatic rings. The standard InChI is InChI=1S/C14H15NO2/c1-17-14-8-3-2-7-12(14)13(16)10-11-6-4-5-9-15-11/h2-9,13,16H,10H2,1H3/t13-/m1/s1. The van der Waals surface area contributed by atoms with Crippen molar-refractivity contribution in [2.45, 2.75) is 12.5 Å². The number of ether oxygens (including phenoxy) is 1. The molecule has 0 fully saturated rings. The van der Waals surface area contributed by atoms with Crippen molar-refractivity contribution in [1.82, 2.24) is 4.98 Å². The first-order valence-electron chi connectivity index (χ1n) is 5.52. The summed E-state index contributed by atoms with van der Waals surface area (Å²) >= 11 is 0. The predicted octanol–water partition coefficient (Wildman–Crippen LogP) is 2.37. The number of hydrogen-bond acceptors (Lipinski definition) is 3. The average molecular weight is 229 g/mol.